The molecule has 3 rings (SSSR count). The third-order valence-electron chi connectivity index (χ3n) is 4.17. The summed E-state index contributed by atoms with van der Waals surface area (Å²) in [4.78, 5) is 18.4. The number of aromatic nitrogens is 2. The fourth-order valence-electron chi connectivity index (χ4n) is 3.04. The van der Waals surface area contributed by atoms with Crippen LogP contribution in [0.2, 0.25) is 0 Å². The summed E-state index contributed by atoms with van der Waals surface area (Å²) in [5, 5.41) is 6.73. The van der Waals surface area contributed by atoms with E-state index in [1.165, 1.54) is 5.56 Å². The van der Waals surface area contributed by atoms with E-state index in [1.54, 1.807) is 6.92 Å². The number of carbonyl (C=O) groups excluding carboxylic acids is 1. The van der Waals surface area contributed by atoms with E-state index >= 15 is 0 Å². The van der Waals surface area contributed by atoms with E-state index < -0.39 is 0 Å². The number of likely N-dealkylation sites (tertiary alicyclic amines) is 1. The van der Waals surface area contributed by atoms with Gasteiger partial charge in [0.25, 0.3) is 0 Å². The molecular formula is C17H22N4O2. The van der Waals surface area contributed by atoms with Crippen molar-refractivity contribution in [1.29, 1.82) is 0 Å². The van der Waals surface area contributed by atoms with Crippen LogP contribution < -0.4 is 5.32 Å². The van der Waals surface area contributed by atoms with Crippen LogP contribution >= 0.6 is 0 Å². The quantitative estimate of drug-likeness (QED) is 0.861. The Morgan fingerprint density at radius 1 is 1.39 bits per heavy atom. The van der Waals surface area contributed by atoms with E-state index in [2.05, 4.69) is 34.5 Å². The molecule has 122 valence electrons. The smallest absolute Gasteiger partial charge is 0.317 e. The number of hydrogen-bond donors (Lipinski definition) is 1. The molecule has 0 saturated carbocycles. The van der Waals surface area contributed by atoms with Crippen molar-refractivity contribution >= 4 is 6.03 Å². The lowest BCUT2D eigenvalue weighted by Crippen LogP contribution is -2.55. The first-order valence-corrected chi connectivity index (χ1v) is 8.04. The van der Waals surface area contributed by atoms with Crippen LogP contribution in [-0.4, -0.2) is 34.2 Å². The monoisotopic (exact) mass is 314 g/mol. The summed E-state index contributed by atoms with van der Waals surface area (Å²) in [6, 6.07) is 10.4. The number of rotatable bonds is 5. The van der Waals surface area contributed by atoms with E-state index in [9.17, 15) is 4.79 Å². The fourth-order valence-corrected chi connectivity index (χ4v) is 3.04. The zero-order chi connectivity index (χ0) is 16.2. The van der Waals surface area contributed by atoms with Gasteiger partial charge in [-0.2, -0.15) is 4.98 Å². The van der Waals surface area contributed by atoms with Crippen molar-refractivity contribution in [2.45, 2.75) is 32.7 Å². The molecule has 1 aromatic carbocycles. The van der Waals surface area contributed by atoms with Gasteiger partial charge in [-0.3, -0.25) is 0 Å². The zero-order valence-electron chi connectivity index (χ0n) is 13.5. The van der Waals surface area contributed by atoms with Crippen molar-refractivity contribution in [3.05, 3.63) is 47.6 Å². The number of carbonyl (C=O) groups is 1. The molecule has 6 heteroatoms. The number of amides is 2. The van der Waals surface area contributed by atoms with E-state index in [-0.39, 0.29) is 12.1 Å². The molecule has 0 unspecified atom stereocenters. The number of urea groups is 1. The predicted octanol–water partition coefficient (Wildman–Crippen LogP) is 2.71. The van der Waals surface area contributed by atoms with Crippen molar-refractivity contribution in [2.75, 3.05) is 13.1 Å². The van der Waals surface area contributed by atoms with Crippen LogP contribution in [0.3, 0.4) is 0 Å². The molecule has 2 amide bonds. The highest BCUT2D eigenvalue weighted by Crippen LogP contribution is 2.38. The van der Waals surface area contributed by atoms with Crippen molar-refractivity contribution in [1.82, 2.24) is 20.4 Å². The van der Waals surface area contributed by atoms with Crippen molar-refractivity contribution in [2.24, 2.45) is 5.92 Å². The lowest BCUT2D eigenvalue weighted by Gasteiger charge is -2.46. The molecular weight excluding hydrogens is 292 g/mol. The van der Waals surface area contributed by atoms with E-state index in [0.29, 0.717) is 30.6 Å². The summed E-state index contributed by atoms with van der Waals surface area (Å²) in [6.07, 6.45) is 1.46. The molecule has 2 heterocycles. The van der Waals surface area contributed by atoms with Gasteiger partial charge in [0.05, 0.1) is 6.04 Å². The lowest BCUT2D eigenvalue weighted by atomic mass is 9.85. The minimum Gasteiger partial charge on any atom is -0.339 e. The summed E-state index contributed by atoms with van der Waals surface area (Å²) in [7, 11) is 0. The molecule has 0 aliphatic carbocycles. The van der Waals surface area contributed by atoms with Crippen LogP contribution in [0.1, 0.15) is 36.7 Å². The molecule has 6 nitrogen and oxygen atoms in total. The normalized spacial score (nSPS) is 20.2. The van der Waals surface area contributed by atoms with Crippen molar-refractivity contribution in [3.63, 3.8) is 0 Å². The van der Waals surface area contributed by atoms with Gasteiger partial charge in [-0.1, -0.05) is 42.4 Å². The third-order valence-corrected chi connectivity index (χ3v) is 4.17. The summed E-state index contributed by atoms with van der Waals surface area (Å²) in [5.74, 6) is 1.75. The summed E-state index contributed by atoms with van der Waals surface area (Å²) in [5.41, 5.74) is 1.20. The molecule has 2 atom stereocenters. The van der Waals surface area contributed by atoms with Crippen LogP contribution in [0.4, 0.5) is 4.79 Å². The zero-order valence-corrected chi connectivity index (χ0v) is 13.5. The standard InChI is InChI=1S/C17H22N4O2/c1-12-11-21(16(12)14-7-4-3-5-8-14)17(22)18-10-6-9-15-19-13(2)20-23-15/h3-5,7-8,12,16H,6,9-11H2,1-2H3,(H,18,22)/t12-,16-/m1/s1. The van der Waals surface area contributed by atoms with Gasteiger partial charge >= 0.3 is 6.03 Å². The molecule has 1 aliphatic heterocycles. The van der Waals surface area contributed by atoms with Gasteiger partial charge in [-0.25, -0.2) is 4.79 Å². The van der Waals surface area contributed by atoms with Gasteiger partial charge in [0.15, 0.2) is 5.82 Å². The maximum atomic E-state index is 12.3. The SMILES string of the molecule is Cc1noc(CCCNC(=O)N2C[C@@H](C)[C@@H]2c2ccccc2)n1. The molecule has 1 aromatic heterocycles. The van der Waals surface area contributed by atoms with Crippen LogP contribution in [0.25, 0.3) is 0 Å². The molecule has 23 heavy (non-hydrogen) atoms. The Bertz CT molecular complexity index is 656. The minimum absolute atomic E-state index is 0.00124. The van der Waals surface area contributed by atoms with Crippen LogP contribution in [0.5, 0.6) is 0 Å². The molecule has 1 aliphatic rings. The predicted molar refractivity (Wildman–Crippen MR) is 85.8 cm³/mol. The van der Waals surface area contributed by atoms with Gasteiger partial charge in [-0.05, 0) is 24.8 Å². The van der Waals surface area contributed by atoms with Crippen molar-refractivity contribution < 1.29 is 9.32 Å². The van der Waals surface area contributed by atoms with E-state index in [0.717, 1.165) is 13.0 Å². The Balaban J connectivity index is 1.46. The molecule has 2 aromatic rings. The Morgan fingerprint density at radius 3 is 2.83 bits per heavy atom. The van der Waals surface area contributed by atoms with Crippen molar-refractivity contribution in [3.8, 4) is 0 Å². The summed E-state index contributed by atoms with van der Waals surface area (Å²) in [6.45, 7) is 5.38. The highest BCUT2D eigenvalue weighted by Gasteiger charge is 2.39. The second-order valence-corrected chi connectivity index (χ2v) is 6.06. The van der Waals surface area contributed by atoms with Crippen LogP contribution in [0, 0.1) is 12.8 Å². The molecule has 1 N–H and O–H groups in total. The van der Waals surface area contributed by atoms with Crippen LogP contribution in [-0.2, 0) is 6.42 Å². The third kappa shape index (κ3) is 3.52. The maximum absolute atomic E-state index is 12.3. The average Bonchev–Trinajstić information content (AvgIpc) is 2.95. The van der Waals surface area contributed by atoms with Crippen LogP contribution in [0.15, 0.2) is 34.9 Å². The lowest BCUT2D eigenvalue weighted by molar-refractivity contribution is 0.0593. The number of benzene rings is 1. The Kier molecular flexibility index (Phi) is 4.60. The number of nitrogens with zero attached hydrogens (tertiary/aromatic N) is 3. The highest BCUT2D eigenvalue weighted by atomic mass is 16.5. The van der Waals surface area contributed by atoms with Gasteiger partial charge in [0, 0.05) is 19.5 Å². The molecule has 0 radical (unpaired) electrons. The maximum Gasteiger partial charge on any atom is 0.317 e. The second kappa shape index (κ2) is 6.81. The largest absolute Gasteiger partial charge is 0.339 e. The summed E-state index contributed by atoms with van der Waals surface area (Å²) >= 11 is 0. The Hall–Kier alpha value is -2.37. The van der Waals surface area contributed by atoms with Gasteiger partial charge in [0.1, 0.15) is 0 Å². The van der Waals surface area contributed by atoms with Gasteiger partial charge in [-0.15, -0.1) is 0 Å². The first kappa shape index (κ1) is 15.5. The number of nitrogens with one attached hydrogen (secondary N) is 1. The highest BCUT2D eigenvalue weighted by molar-refractivity contribution is 5.75. The molecule has 1 saturated heterocycles. The molecule has 0 bridgehead atoms. The Labute approximate surface area is 135 Å². The number of aryl methyl sites for hydroxylation is 2. The van der Waals surface area contributed by atoms with E-state index in [1.807, 2.05) is 23.1 Å². The Morgan fingerprint density at radius 2 is 2.17 bits per heavy atom. The minimum atomic E-state index is -0.00124. The molecule has 1 fully saturated rings. The first-order chi connectivity index (χ1) is 11.1. The van der Waals surface area contributed by atoms with E-state index in [4.69, 9.17) is 4.52 Å². The topological polar surface area (TPSA) is 71.3 Å². The summed E-state index contributed by atoms with van der Waals surface area (Å²) < 4.78 is 5.06. The average molecular weight is 314 g/mol. The fraction of sp³-hybridized carbons (Fsp3) is 0.471. The van der Waals surface area contributed by atoms with Gasteiger partial charge in [0.2, 0.25) is 5.89 Å². The molecule has 0 spiro atoms. The first-order valence-electron chi connectivity index (χ1n) is 8.04. The second-order valence-electron chi connectivity index (χ2n) is 6.06. The van der Waals surface area contributed by atoms with Gasteiger partial charge < -0.3 is 14.7 Å². The number of hydrogen-bond acceptors (Lipinski definition) is 4.